The van der Waals surface area contributed by atoms with Crippen molar-refractivity contribution in [2.24, 2.45) is 5.41 Å². The van der Waals surface area contributed by atoms with E-state index in [0.717, 1.165) is 0 Å². The van der Waals surface area contributed by atoms with Gasteiger partial charge in [0.1, 0.15) is 0 Å². The summed E-state index contributed by atoms with van der Waals surface area (Å²) >= 11 is 0. The highest BCUT2D eigenvalue weighted by atomic mass is 19.4. The smallest absolute Gasteiger partial charge is 0.454 e. The molecule has 0 fully saturated rings. The lowest BCUT2D eigenvalue weighted by Gasteiger charge is -2.41. The minimum Gasteiger partial charge on any atom is -0.481 e. The molecule has 0 atom stereocenters. The van der Waals surface area contributed by atoms with Gasteiger partial charge < -0.3 is 5.11 Å². The maximum Gasteiger partial charge on any atom is 0.454 e. The predicted octanol–water partition coefficient (Wildman–Crippen LogP) is 3.77. The molecule has 0 spiro atoms. The zero-order valence-electron chi connectivity index (χ0n) is 8.72. The Labute approximate surface area is 102 Å². The summed E-state index contributed by atoms with van der Waals surface area (Å²) in [6, 6.07) is 0. The van der Waals surface area contributed by atoms with E-state index >= 15 is 0 Å². The van der Waals surface area contributed by atoms with E-state index in [-0.39, 0.29) is 0 Å². The van der Waals surface area contributed by atoms with Gasteiger partial charge in [-0.1, -0.05) is 0 Å². The van der Waals surface area contributed by atoms with Crippen LogP contribution in [-0.4, -0.2) is 35.5 Å². The van der Waals surface area contributed by atoms with Crippen molar-refractivity contribution in [2.45, 2.75) is 30.9 Å². The van der Waals surface area contributed by atoms with Crippen LogP contribution in [0.25, 0.3) is 0 Å². The molecule has 0 aliphatic rings. The van der Waals surface area contributed by atoms with Crippen LogP contribution >= 0.6 is 0 Å². The molecule has 1 N–H and O–H groups in total. The van der Waals surface area contributed by atoms with Crippen molar-refractivity contribution in [2.75, 3.05) is 0 Å². The quantitative estimate of drug-likeness (QED) is 0.801. The van der Waals surface area contributed by atoms with Crippen LogP contribution in [0.2, 0.25) is 0 Å². The van der Waals surface area contributed by atoms with Crippen LogP contribution in [0.4, 0.5) is 48.3 Å². The Hall–Kier alpha value is -1.30. The van der Waals surface area contributed by atoms with Crippen LogP contribution in [0.3, 0.4) is 0 Å². The first kappa shape index (κ1) is 18.7. The molecule has 0 rings (SSSR count). The van der Waals surface area contributed by atoms with Crippen molar-refractivity contribution in [1.29, 1.82) is 0 Å². The molecule has 0 aliphatic heterocycles. The van der Waals surface area contributed by atoms with Gasteiger partial charge in [0, 0.05) is 0 Å². The number of aliphatic carboxylic acids is 1. The Bertz CT molecular complexity index is 360. The maximum absolute atomic E-state index is 12.8. The largest absolute Gasteiger partial charge is 0.481 e. The average molecular weight is 328 g/mol. The van der Waals surface area contributed by atoms with E-state index < -0.39 is 42.3 Å². The van der Waals surface area contributed by atoms with Crippen LogP contribution in [0, 0.1) is 5.41 Å². The minimum atomic E-state index is -7.38. The fourth-order valence-electron chi connectivity index (χ4n) is 1.30. The highest BCUT2D eigenvalue weighted by molar-refractivity contribution is 5.68. The molecule has 0 aromatic rings. The summed E-state index contributed by atoms with van der Waals surface area (Å²) in [5, 5.41) is 7.90. The Morgan fingerprint density at radius 3 is 1.15 bits per heavy atom. The topological polar surface area (TPSA) is 37.3 Å². The van der Waals surface area contributed by atoms with Gasteiger partial charge in [0.15, 0.2) is 0 Å². The monoisotopic (exact) mass is 328 g/mol. The fourth-order valence-corrected chi connectivity index (χ4v) is 1.30. The van der Waals surface area contributed by atoms with Gasteiger partial charge in [0.25, 0.3) is 0 Å². The Morgan fingerprint density at radius 2 is 1.00 bits per heavy atom. The third-order valence-corrected chi connectivity index (χ3v) is 2.28. The molecule has 0 radical (unpaired) electrons. The first-order valence-electron chi connectivity index (χ1n) is 4.21. The molecule has 0 aromatic carbocycles. The number of hydrogen-bond donors (Lipinski definition) is 1. The SMILES string of the molecule is O=C(O)CC(C(F)(F)F)(C(F)(F)F)C(F)(F)C(F)(F)F. The number of carboxylic acids is 1. The van der Waals surface area contributed by atoms with Crippen molar-refractivity contribution in [3.63, 3.8) is 0 Å². The van der Waals surface area contributed by atoms with Crippen molar-refractivity contribution >= 4 is 5.97 Å². The van der Waals surface area contributed by atoms with Gasteiger partial charge in [-0.05, 0) is 0 Å². The minimum absolute atomic E-state index is 3.12. The normalized spacial score (nSPS) is 15.3. The summed E-state index contributed by atoms with van der Waals surface area (Å²) in [7, 11) is 0. The molecule has 0 aromatic heterocycles. The number of carboxylic acid groups (broad SMARTS) is 1. The zero-order valence-corrected chi connectivity index (χ0v) is 8.72. The molecular formula is C7H3F11O2. The second kappa shape index (κ2) is 4.62. The van der Waals surface area contributed by atoms with Gasteiger partial charge in [-0.15, -0.1) is 0 Å². The number of hydrogen-bond acceptors (Lipinski definition) is 1. The third-order valence-electron chi connectivity index (χ3n) is 2.28. The molecule has 0 saturated carbocycles. The molecule has 0 aliphatic carbocycles. The van der Waals surface area contributed by atoms with Crippen LogP contribution in [0.5, 0.6) is 0 Å². The average Bonchev–Trinajstić information content (AvgIpc) is 2.06. The van der Waals surface area contributed by atoms with Crippen LogP contribution < -0.4 is 0 Å². The lowest BCUT2D eigenvalue weighted by Crippen LogP contribution is -2.66. The second-order valence-corrected chi connectivity index (χ2v) is 3.54. The van der Waals surface area contributed by atoms with Crippen LogP contribution in [-0.2, 0) is 4.79 Å². The Balaban J connectivity index is 6.54. The lowest BCUT2D eigenvalue weighted by atomic mass is 9.75. The van der Waals surface area contributed by atoms with Gasteiger partial charge in [0.2, 0.25) is 5.41 Å². The van der Waals surface area contributed by atoms with Crippen LogP contribution in [0.1, 0.15) is 6.42 Å². The van der Waals surface area contributed by atoms with Crippen LogP contribution in [0.15, 0.2) is 0 Å². The van der Waals surface area contributed by atoms with E-state index in [1.807, 2.05) is 0 Å². The molecule has 120 valence electrons. The Kier molecular flexibility index (Phi) is 4.32. The summed E-state index contributed by atoms with van der Waals surface area (Å²) < 4.78 is 135. The fraction of sp³-hybridized carbons (Fsp3) is 0.857. The molecule has 0 bridgehead atoms. The first-order valence-corrected chi connectivity index (χ1v) is 4.21. The third kappa shape index (κ3) is 2.61. The first-order chi connectivity index (χ1) is 8.42. The van der Waals surface area contributed by atoms with Crippen molar-refractivity contribution in [1.82, 2.24) is 0 Å². The molecule has 2 nitrogen and oxygen atoms in total. The lowest BCUT2D eigenvalue weighted by molar-refractivity contribution is -0.447. The van der Waals surface area contributed by atoms with Gasteiger partial charge in [0.05, 0.1) is 6.42 Å². The van der Waals surface area contributed by atoms with Gasteiger partial charge in [-0.25, -0.2) is 0 Å². The summed E-state index contributed by atoms with van der Waals surface area (Å²) in [6.07, 6.45) is -25.2. The Morgan fingerprint density at radius 1 is 0.700 bits per heavy atom. The van der Waals surface area contributed by atoms with Crippen molar-refractivity contribution in [3.05, 3.63) is 0 Å². The van der Waals surface area contributed by atoms with E-state index in [2.05, 4.69) is 0 Å². The number of rotatable bonds is 3. The number of carbonyl (C=O) groups is 1. The molecule has 20 heavy (non-hydrogen) atoms. The van der Waals surface area contributed by atoms with Gasteiger partial charge in [-0.2, -0.15) is 48.3 Å². The van der Waals surface area contributed by atoms with E-state index in [9.17, 15) is 53.1 Å². The summed E-state index contributed by atoms with van der Waals surface area (Å²) in [4.78, 5) is 9.98. The number of halogens is 11. The highest BCUT2D eigenvalue weighted by Gasteiger charge is 2.89. The second-order valence-electron chi connectivity index (χ2n) is 3.54. The van der Waals surface area contributed by atoms with E-state index in [1.54, 1.807) is 0 Å². The molecular weight excluding hydrogens is 325 g/mol. The van der Waals surface area contributed by atoms with Gasteiger partial charge >= 0.3 is 30.4 Å². The van der Waals surface area contributed by atoms with E-state index in [0.29, 0.717) is 0 Å². The molecule has 0 saturated heterocycles. The van der Waals surface area contributed by atoms with Crippen molar-refractivity contribution in [3.8, 4) is 0 Å². The summed E-state index contributed by atoms with van der Waals surface area (Å²) in [5.41, 5.74) is -6.78. The van der Waals surface area contributed by atoms with E-state index in [1.165, 1.54) is 0 Å². The highest BCUT2D eigenvalue weighted by Crippen LogP contribution is 2.64. The van der Waals surface area contributed by atoms with E-state index in [4.69, 9.17) is 5.11 Å². The zero-order chi connectivity index (χ0) is 16.8. The molecule has 0 unspecified atom stereocenters. The maximum atomic E-state index is 12.8. The summed E-state index contributed by atoms with van der Waals surface area (Å²) in [5.74, 6) is -10.5. The number of alkyl halides is 11. The molecule has 0 amide bonds. The predicted molar refractivity (Wildman–Crippen MR) is 37.8 cm³/mol. The van der Waals surface area contributed by atoms with Crippen molar-refractivity contribution < 1.29 is 58.2 Å². The summed E-state index contributed by atoms with van der Waals surface area (Å²) in [6.45, 7) is 0. The molecule has 0 heterocycles. The molecule has 13 heteroatoms. The standard InChI is InChI=1S/C7H3F11O2/c8-4(9,7(16,17)18)3(1-2(19)20,5(10,11)12)6(13,14)15/h1H2,(H,19,20). The van der Waals surface area contributed by atoms with Gasteiger partial charge in [-0.3, -0.25) is 4.79 Å².